The zero-order valence-corrected chi connectivity index (χ0v) is 15.2. The van der Waals surface area contributed by atoms with E-state index in [1.807, 2.05) is 0 Å². The highest BCUT2D eigenvalue weighted by Gasteiger charge is 2.17. The van der Waals surface area contributed by atoms with Gasteiger partial charge in [-0.05, 0) is 42.5 Å². The van der Waals surface area contributed by atoms with Gasteiger partial charge in [0.15, 0.2) is 6.61 Å². The molecule has 0 saturated carbocycles. The number of carbonyl (C=O) groups is 2. The van der Waals surface area contributed by atoms with Crippen LogP contribution in [-0.4, -0.2) is 18.5 Å². The summed E-state index contributed by atoms with van der Waals surface area (Å²) in [6.45, 7) is -0.561. The van der Waals surface area contributed by atoms with Gasteiger partial charge in [-0.25, -0.2) is 9.18 Å². The molecule has 27 heavy (non-hydrogen) atoms. The first-order chi connectivity index (χ1) is 12.9. The molecule has 1 amide bonds. The number of hydrogen-bond acceptors (Lipinski definition) is 4. The maximum Gasteiger partial charge on any atom is 0.374 e. The fraction of sp³-hybridized carbons (Fsp3) is 0.0526. The summed E-state index contributed by atoms with van der Waals surface area (Å²) in [6, 6.07) is 13.5. The van der Waals surface area contributed by atoms with Crippen LogP contribution < -0.4 is 5.32 Å². The van der Waals surface area contributed by atoms with Crippen molar-refractivity contribution in [2.45, 2.75) is 0 Å². The molecule has 0 aliphatic carbocycles. The minimum atomic E-state index is -0.811. The molecule has 0 spiro atoms. The summed E-state index contributed by atoms with van der Waals surface area (Å²) >= 11 is 11.9. The highest BCUT2D eigenvalue weighted by Crippen LogP contribution is 2.29. The van der Waals surface area contributed by atoms with Crippen molar-refractivity contribution in [2.24, 2.45) is 0 Å². The number of ether oxygens (including phenoxy) is 1. The van der Waals surface area contributed by atoms with Crippen LogP contribution in [0.15, 0.2) is 59.0 Å². The lowest BCUT2D eigenvalue weighted by molar-refractivity contribution is -0.119. The number of furan rings is 1. The van der Waals surface area contributed by atoms with Crippen molar-refractivity contribution in [3.63, 3.8) is 0 Å². The van der Waals surface area contributed by atoms with Gasteiger partial charge < -0.3 is 14.5 Å². The predicted octanol–water partition coefficient (Wildman–Crippen LogP) is 5.19. The van der Waals surface area contributed by atoms with Crippen LogP contribution >= 0.6 is 23.2 Å². The van der Waals surface area contributed by atoms with E-state index in [4.69, 9.17) is 32.4 Å². The van der Waals surface area contributed by atoms with E-state index in [9.17, 15) is 14.0 Å². The Morgan fingerprint density at radius 1 is 1.04 bits per heavy atom. The molecule has 3 aromatic rings. The van der Waals surface area contributed by atoms with Gasteiger partial charge in [0.05, 0.1) is 15.7 Å². The Kier molecular flexibility index (Phi) is 5.78. The molecule has 0 atom stereocenters. The zero-order valence-electron chi connectivity index (χ0n) is 13.7. The standard InChI is InChI=1S/C19H12Cl2FNO4/c20-13-4-2-1-3-12(13)16-7-8-17(27-16)19(25)26-10-18(24)23-15-6-5-11(22)9-14(15)21/h1-9H,10H2,(H,23,24). The van der Waals surface area contributed by atoms with Crippen molar-refractivity contribution in [1.82, 2.24) is 0 Å². The highest BCUT2D eigenvalue weighted by atomic mass is 35.5. The number of rotatable bonds is 5. The molecule has 0 aliphatic heterocycles. The molecule has 1 aromatic heterocycles. The summed E-state index contributed by atoms with van der Waals surface area (Å²) in [4.78, 5) is 23.9. The van der Waals surface area contributed by atoms with Crippen LogP contribution in [-0.2, 0) is 9.53 Å². The zero-order chi connectivity index (χ0) is 19.4. The average Bonchev–Trinajstić information content (AvgIpc) is 3.12. The van der Waals surface area contributed by atoms with Crippen LogP contribution in [0.4, 0.5) is 10.1 Å². The first-order valence-electron chi connectivity index (χ1n) is 7.71. The third-order valence-corrected chi connectivity index (χ3v) is 4.13. The van der Waals surface area contributed by atoms with E-state index in [2.05, 4.69) is 5.32 Å². The van der Waals surface area contributed by atoms with E-state index < -0.39 is 24.3 Å². The molecule has 1 heterocycles. The Morgan fingerprint density at radius 3 is 2.56 bits per heavy atom. The summed E-state index contributed by atoms with van der Waals surface area (Å²) in [5.41, 5.74) is 0.833. The van der Waals surface area contributed by atoms with Crippen LogP contribution in [0.25, 0.3) is 11.3 Å². The number of carbonyl (C=O) groups excluding carboxylic acids is 2. The molecule has 0 fully saturated rings. The summed E-state index contributed by atoms with van der Waals surface area (Å²) < 4.78 is 23.3. The monoisotopic (exact) mass is 407 g/mol. The molecular formula is C19H12Cl2FNO4. The second-order valence-electron chi connectivity index (χ2n) is 5.39. The predicted molar refractivity (Wildman–Crippen MR) is 99.5 cm³/mol. The molecule has 0 saturated heterocycles. The molecule has 138 valence electrons. The topological polar surface area (TPSA) is 68.5 Å². The Bertz CT molecular complexity index is 1000. The minimum absolute atomic E-state index is 0.0325. The Morgan fingerprint density at radius 2 is 1.81 bits per heavy atom. The number of hydrogen-bond donors (Lipinski definition) is 1. The summed E-state index contributed by atoms with van der Waals surface area (Å²) in [5.74, 6) is -1.65. The molecule has 2 aromatic carbocycles. The third kappa shape index (κ3) is 4.67. The van der Waals surface area contributed by atoms with Crippen LogP contribution in [0.1, 0.15) is 10.6 Å². The van der Waals surface area contributed by atoms with Crippen LogP contribution in [0.3, 0.4) is 0 Å². The third-order valence-electron chi connectivity index (χ3n) is 3.49. The lowest BCUT2D eigenvalue weighted by Gasteiger charge is -2.07. The molecule has 0 unspecified atom stereocenters. The van der Waals surface area contributed by atoms with Gasteiger partial charge in [0.1, 0.15) is 11.6 Å². The van der Waals surface area contributed by atoms with Crippen molar-refractivity contribution in [3.05, 3.63) is 76.2 Å². The van der Waals surface area contributed by atoms with Crippen LogP contribution in [0, 0.1) is 5.82 Å². The Balaban J connectivity index is 1.59. The fourth-order valence-electron chi connectivity index (χ4n) is 2.23. The first kappa shape index (κ1) is 18.9. The maximum atomic E-state index is 13.0. The largest absolute Gasteiger partial charge is 0.450 e. The van der Waals surface area contributed by atoms with E-state index in [0.717, 1.165) is 12.1 Å². The first-order valence-corrected chi connectivity index (χ1v) is 8.46. The number of benzene rings is 2. The van der Waals surface area contributed by atoms with E-state index >= 15 is 0 Å². The van der Waals surface area contributed by atoms with Crippen LogP contribution in [0.2, 0.25) is 10.0 Å². The second kappa shape index (κ2) is 8.24. The van der Waals surface area contributed by atoms with Gasteiger partial charge in [0.2, 0.25) is 5.76 Å². The maximum absolute atomic E-state index is 13.0. The van der Waals surface area contributed by atoms with Gasteiger partial charge in [-0.3, -0.25) is 4.79 Å². The number of anilines is 1. The van der Waals surface area contributed by atoms with E-state index in [1.54, 1.807) is 30.3 Å². The highest BCUT2D eigenvalue weighted by molar-refractivity contribution is 6.33. The smallest absolute Gasteiger partial charge is 0.374 e. The van der Waals surface area contributed by atoms with Gasteiger partial charge >= 0.3 is 5.97 Å². The van der Waals surface area contributed by atoms with E-state index in [1.165, 1.54) is 12.1 Å². The molecule has 0 bridgehead atoms. The molecule has 8 heteroatoms. The lowest BCUT2D eigenvalue weighted by atomic mass is 10.2. The second-order valence-corrected chi connectivity index (χ2v) is 6.21. The van der Waals surface area contributed by atoms with Gasteiger partial charge in [-0.2, -0.15) is 0 Å². The molecular weight excluding hydrogens is 396 g/mol. The van der Waals surface area contributed by atoms with Gasteiger partial charge in [0.25, 0.3) is 5.91 Å². The number of halogens is 3. The molecule has 1 N–H and O–H groups in total. The van der Waals surface area contributed by atoms with Crippen molar-refractivity contribution in [1.29, 1.82) is 0 Å². The van der Waals surface area contributed by atoms with Crippen molar-refractivity contribution >= 4 is 40.8 Å². The average molecular weight is 408 g/mol. The molecule has 0 aliphatic rings. The number of nitrogens with one attached hydrogen (secondary N) is 1. The molecule has 5 nitrogen and oxygen atoms in total. The summed E-state index contributed by atoms with van der Waals surface area (Å²) in [7, 11) is 0. The van der Waals surface area contributed by atoms with Crippen molar-refractivity contribution in [3.8, 4) is 11.3 Å². The van der Waals surface area contributed by atoms with Gasteiger partial charge in [-0.1, -0.05) is 35.3 Å². The van der Waals surface area contributed by atoms with Gasteiger partial charge in [0, 0.05) is 5.56 Å². The van der Waals surface area contributed by atoms with Crippen molar-refractivity contribution < 1.29 is 23.1 Å². The summed E-state index contributed by atoms with van der Waals surface area (Å²) in [6.07, 6.45) is 0. The minimum Gasteiger partial charge on any atom is -0.450 e. The number of esters is 1. The fourth-order valence-corrected chi connectivity index (χ4v) is 2.68. The lowest BCUT2D eigenvalue weighted by Crippen LogP contribution is -2.21. The number of amides is 1. The summed E-state index contributed by atoms with van der Waals surface area (Å²) in [5, 5.41) is 2.93. The quantitative estimate of drug-likeness (QED) is 0.591. The molecule has 0 radical (unpaired) electrons. The van der Waals surface area contributed by atoms with E-state index in [-0.39, 0.29) is 16.5 Å². The SMILES string of the molecule is O=C(COC(=O)c1ccc(-c2ccccc2Cl)o1)Nc1ccc(F)cc1Cl. The Hall–Kier alpha value is -2.83. The van der Waals surface area contributed by atoms with Gasteiger partial charge in [-0.15, -0.1) is 0 Å². The van der Waals surface area contributed by atoms with Crippen molar-refractivity contribution in [2.75, 3.05) is 11.9 Å². The normalized spacial score (nSPS) is 10.5. The molecule has 3 rings (SSSR count). The Labute approximate surface area is 163 Å². The van der Waals surface area contributed by atoms with E-state index in [0.29, 0.717) is 16.3 Å². The van der Waals surface area contributed by atoms with Crippen LogP contribution in [0.5, 0.6) is 0 Å².